The normalized spacial score (nSPS) is 25.8. The lowest BCUT2D eigenvalue weighted by atomic mass is 9.85. The number of para-hydroxylation sites is 2. The molecule has 0 bridgehead atoms. The molecule has 0 aromatic heterocycles. The summed E-state index contributed by atoms with van der Waals surface area (Å²) >= 11 is 0. The average Bonchev–Trinajstić information content (AvgIpc) is 3.05. The first-order valence-electron chi connectivity index (χ1n) is 8.96. The fourth-order valence-corrected chi connectivity index (χ4v) is 3.92. The van der Waals surface area contributed by atoms with E-state index in [4.69, 9.17) is 9.47 Å². The zero-order valence-corrected chi connectivity index (χ0v) is 14.7. The number of amides is 1. The largest absolute Gasteiger partial charge is 0.493 e. The first kappa shape index (κ1) is 17.1. The standard InChI is InChI=1S/C19H28N2O3/c1-21(11-12-24-18-10-6-5-9-17(18)23-2)19(22)16-13-14-7-3-4-8-15(14)20-16/h5-6,9-10,14-16,20H,3-4,7-8,11-13H2,1-2H3. The Labute approximate surface area is 144 Å². The molecule has 5 heteroatoms. The molecule has 24 heavy (non-hydrogen) atoms. The summed E-state index contributed by atoms with van der Waals surface area (Å²) in [5.41, 5.74) is 0. The van der Waals surface area contributed by atoms with Crippen molar-refractivity contribution in [3.8, 4) is 11.5 Å². The highest BCUT2D eigenvalue weighted by Crippen LogP contribution is 2.33. The van der Waals surface area contributed by atoms with Gasteiger partial charge in [-0.25, -0.2) is 0 Å². The number of hydrogen-bond acceptors (Lipinski definition) is 4. The zero-order chi connectivity index (χ0) is 16.9. The summed E-state index contributed by atoms with van der Waals surface area (Å²) in [5.74, 6) is 2.30. The first-order chi connectivity index (χ1) is 11.7. The molecule has 1 N–H and O–H groups in total. The molecular weight excluding hydrogens is 304 g/mol. The number of fused-ring (bicyclic) bond motifs is 1. The Kier molecular flexibility index (Phi) is 5.61. The van der Waals surface area contributed by atoms with E-state index in [1.807, 2.05) is 31.3 Å². The lowest BCUT2D eigenvalue weighted by molar-refractivity contribution is -0.132. The molecule has 1 aliphatic heterocycles. The van der Waals surface area contributed by atoms with Crippen molar-refractivity contribution in [3.05, 3.63) is 24.3 Å². The fourth-order valence-electron chi connectivity index (χ4n) is 3.92. The molecule has 2 aliphatic rings. The molecule has 3 atom stereocenters. The maximum atomic E-state index is 12.6. The van der Waals surface area contributed by atoms with Crippen molar-refractivity contribution in [1.29, 1.82) is 0 Å². The van der Waals surface area contributed by atoms with Crippen LogP contribution in [0.3, 0.4) is 0 Å². The van der Waals surface area contributed by atoms with E-state index in [1.54, 1.807) is 12.0 Å². The molecule has 1 aliphatic carbocycles. The summed E-state index contributed by atoms with van der Waals surface area (Å²) in [5, 5.41) is 3.55. The summed E-state index contributed by atoms with van der Waals surface area (Å²) in [4.78, 5) is 14.4. The first-order valence-corrected chi connectivity index (χ1v) is 8.96. The van der Waals surface area contributed by atoms with Crippen LogP contribution in [0.2, 0.25) is 0 Å². The maximum absolute atomic E-state index is 12.6. The third-order valence-corrected chi connectivity index (χ3v) is 5.29. The van der Waals surface area contributed by atoms with Crippen molar-refractivity contribution in [3.63, 3.8) is 0 Å². The SMILES string of the molecule is COc1ccccc1OCCN(C)C(=O)C1CC2CCCCC2N1. The lowest BCUT2D eigenvalue weighted by Gasteiger charge is -2.24. The molecule has 0 radical (unpaired) electrons. The second-order valence-corrected chi connectivity index (χ2v) is 6.87. The van der Waals surface area contributed by atoms with Crippen molar-refractivity contribution >= 4 is 5.91 Å². The monoisotopic (exact) mass is 332 g/mol. The van der Waals surface area contributed by atoms with Gasteiger partial charge >= 0.3 is 0 Å². The smallest absolute Gasteiger partial charge is 0.239 e. The highest BCUT2D eigenvalue weighted by molar-refractivity contribution is 5.82. The zero-order valence-electron chi connectivity index (χ0n) is 14.7. The van der Waals surface area contributed by atoms with E-state index < -0.39 is 0 Å². The number of ether oxygens (including phenoxy) is 2. The highest BCUT2D eigenvalue weighted by atomic mass is 16.5. The number of carbonyl (C=O) groups excluding carboxylic acids is 1. The van der Waals surface area contributed by atoms with Crippen LogP contribution in [0.4, 0.5) is 0 Å². The second-order valence-electron chi connectivity index (χ2n) is 6.87. The van der Waals surface area contributed by atoms with E-state index in [0.29, 0.717) is 36.6 Å². The third kappa shape index (κ3) is 3.83. The fraction of sp³-hybridized carbons (Fsp3) is 0.632. The van der Waals surface area contributed by atoms with Crippen molar-refractivity contribution in [2.24, 2.45) is 5.92 Å². The Morgan fingerprint density at radius 2 is 2.00 bits per heavy atom. The number of benzene rings is 1. The molecule has 1 saturated carbocycles. The third-order valence-electron chi connectivity index (χ3n) is 5.29. The maximum Gasteiger partial charge on any atom is 0.239 e. The van der Waals surface area contributed by atoms with E-state index in [9.17, 15) is 4.79 Å². The summed E-state index contributed by atoms with van der Waals surface area (Å²) < 4.78 is 11.0. The van der Waals surface area contributed by atoms with Crippen LogP contribution in [0.5, 0.6) is 11.5 Å². The molecule has 1 aromatic rings. The van der Waals surface area contributed by atoms with E-state index in [0.717, 1.165) is 6.42 Å². The minimum absolute atomic E-state index is 0.0191. The number of nitrogens with one attached hydrogen (secondary N) is 1. The molecular formula is C19H28N2O3. The number of rotatable bonds is 6. The van der Waals surface area contributed by atoms with Crippen LogP contribution in [0.1, 0.15) is 32.1 Å². The van der Waals surface area contributed by atoms with Gasteiger partial charge in [-0.3, -0.25) is 4.79 Å². The van der Waals surface area contributed by atoms with Gasteiger partial charge in [0.2, 0.25) is 5.91 Å². The molecule has 1 heterocycles. The lowest BCUT2D eigenvalue weighted by Crippen LogP contribution is -2.45. The number of likely N-dealkylation sites (N-methyl/N-ethyl adjacent to an activating group) is 1. The van der Waals surface area contributed by atoms with Crippen LogP contribution in [0.25, 0.3) is 0 Å². The molecule has 132 valence electrons. The molecule has 3 rings (SSSR count). The number of nitrogens with zero attached hydrogens (tertiary/aromatic N) is 1. The molecule has 2 fully saturated rings. The van der Waals surface area contributed by atoms with Crippen LogP contribution >= 0.6 is 0 Å². The van der Waals surface area contributed by atoms with Gasteiger partial charge in [-0.15, -0.1) is 0 Å². The van der Waals surface area contributed by atoms with E-state index in [1.165, 1.54) is 25.7 Å². The highest BCUT2D eigenvalue weighted by Gasteiger charge is 2.39. The summed E-state index contributed by atoms with van der Waals surface area (Å²) in [6, 6.07) is 8.10. The van der Waals surface area contributed by atoms with Gasteiger partial charge in [0.25, 0.3) is 0 Å². The molecule has 3 unspecified atom stereocenters. The van der Waals surface area contributed by atoms with Gasteiger partial charge in [0, 0.05) is 13.1 Å². The minimum atomic E-state index is -0.0191. The van der Waals surface area contributed by atoms with Gasteiger partial charge in [-0.1, -0.05) is 25.0 Å². The van der Waals surface area contributed by atoms with Crippen molar-refractivity contribution in [2.75, 3.05) is 27.3 Å². The number of methoxy groups -OCH3 is 1. The molecule has 1 amide bonds. The van der Waals surface area contributed by atoms with Crippen molar-refractivity contribution < 1.29 is 14.3 Å². The summed E-state index contributed by atoms with van der Waals surface area (Å²) in [7, 11) is 3.49. The Morgan fingerprint density at radius 3 is 2.75 bits per heavy atom. The van der Waals surface area contributed by atoms with Gasteiger partial charge in [0.05, 0.1) is 19.7 Å². The summed E-state index contributed by atoms with van der Waals surface area (Å²) in [6.45, 7) is 1.03. The van der Waals surface area contributed by atoms with Crippen molar-refractivity contribution in [1.82, 2.24) is 10.2 Å². The minimum Gasteiger partial charge on any atom is -0.493 e. The van der Waals surface area contributed by atoms with E-state index in [2.05, 4.69) is 5.32 Å². The van der Waals surface area contributed by atoms with Gasteiger partial charge in [-0.05, 0) is 37.3 Å². The quantitative estimate of drug-likeness (QED) is 0.869. The predicted octanol–water partition coefficient (Wildman–Crippen LogP) is 2.45. The van der Waals surface area contributed by atoms with E-state index in [-0.39, 0.29) is 11.9 Å². The second kappa shape index (κ2) is 7.88. The predicted molar refractivity (Wildman–Crippen MR) is 93.4 cm³/mol. The molecule has 1 aromatic carbocycles. The number of hydrogen-bond donors (Lipinski definition) is 1. The van der Waals surface area contributed by atoms with Crippen LogP contribution in [0.15, 0.2) is 24.3 Å². The van der Waals surface area contributed by atoms with Crippen molar-refractivity contribution in [2.45, 2.75) is 44.2 Å². The van der Waals surface area contributed by atoms with Gasteiger partial charge in [-0.2, -0.15) is 0 Å². The van der Waals surface area contributed by atoms with Gasteiger partial charge in [0.15, 0.2) is 11.5 Å². The van der Waals surface area contributed by atoms with Crippen LogP contribution in [-0.2, 0) is 4.79 Å². The van der Waals surface area contributed by atoms with E-state index >= 15 is 0 Å². The van der Waals surface area contributed by atoms with Gasteiger partial charge < -0.3 is 19.7 Å². The topological polar surface area (TPSA) is 50.8 Å². The molecule has 5 nitrogen and oxygen atoms in total. The molecule has 1 saturated heterocycles. The Hall–Kier alpha value is -1.75. The number of carbonyl (C=O) groups is 1. The Bertz CT molecular complexity index is 549. The van der Waals surface area contributed by atoms with Crippen LogP contribution in [0, 0.1) is 5.92 Å². The van der Waals surface area contributed by atoms with Crippen LogP contribution < -0.4 is 14.8 Å². The summed E-state index contributed by atoms with van der Waals surface area (Å²) in [6.07, 6.45) is 6.07. The Morgan fingerprint density at radius 1 is 1.25 bits per heavy atom. The van der Waals surface area contributed by atoms with Gasteiger partial charge in [0.1, 0.15) is 6.61 Å². The Balaban J connectivity index is 1.46. The van der Waals surface area contributed by atoms with Crippen LogP contribution in [-0.4, -0.2) is 50.2 Å². The average molecular weight is 332 g/mol. The molecule has 0 spiro atoms.